The summed E-state index contributed by atoms with van der Waals surface area (Å²) in [7, 11) is -3.26. The van der Waals surface area contributed by atoms with Gasteiger partial charge in [0.15, 0.2) is 0 Å². The van der Waals surface area contributed by atoms with E-state index in [4.69, 9.17) is 9.05 Å². The average Bonchev–Trinajstić information content (AvgIpc) is 2.87. The Morgan fingerprint density at radius 2 is 1.68 bits per heavy atom. The maximum atomic E-state index is 13.0. The van der Waals surface area contributed by atoms with Crippen LogP contribution in [0.4, 0.5) is 0 Å². The molecule has 0 aliphatic rings. The minimum Gasteiger partial charge on any atom is -0.307 e. The van der Waals surface area contributed by atoms with Crippen molar-refractivity contribution in [3.05, 3.63) is 24.3 Å². The number of rotatable bonds is 8. The third-order valence-corrected chi connectivity index (χ3v) is 4.64. The van der Waals surface area contributed by atoms with Crippen LogP contribution in [0.2, 0.25) is 0 Å². The molecule has 2 rings (SSSR count). The normalized spacial score (nSPS) is 12.6. The van der Waals surface area contributed by atoms with E-state index < -0.39 is 7.60 Å². The molecule has 6 nitrogen and oxygen atoms in total. The van der Waals surface area contributed by atoms with Crippen molar-refractivity contribution >= 4 is 18.6 Å². The number of para-hydroxylation sites is 1. The molecule has 22 heavy (non-hydrogen) atoms. The summed E-state index contributed by atoms with van der Waals surface area (Å²) < 4.78 is 25.8. The van der Waals surface area contributed by atoms with Crippen LogP contribution in [0.25, 0.3) is 11.0 Å². The van der Waals surface area contributed by atoms with E-state index in [1.54, 1.807) is 4.68 Å². The quantitative estimate of drug-likeness (QED) is 0.688. The van der Waals surface area contributed by atoms with Crippen LogP contribution in [0, 0.1) is 11.8 Å². The lowest BCUT2D eigenvalue weighted by atomic mass is 10.2. The third-order valence-electron chi connectivity index (χ3n) is 2.94. The Morgan fingerprint density at radius 1 is 1.09 bits per heavy atom. The Hall–Kier alpha value is -1.23. The first-order chi connectivity index (χ1) is 10.4. The average molecular weight is 325 g/mol. The maximum absolute atomic E-state index is 13.0. The van der Waals surface area contributed by atoms with Crippen molar-refractivity contribution in [1.82, 2.24) is 15.0 Å². The molecule has 0 N–H and O–H groups in total. The molecule has 0 bridgehead atoms. The van der Waals surface area contributed by atoms with E-state index >= 15 is 0 Å². The Morgan fingerprint density at radius 3 is 2.27 bits per heavy atom. The molecular formula is C15H24N3O3P. The summed E-state index contributed by atoms with van der Waals surface area (Å²) in [5, 5.41) is 8.14. The molecule has 0 amide bonds. The summed E-state index contributed by atoms with van der Waals surface area (Å²) >= 11 is 0. The van der Waals surface area contributed by atoms with Gasteiger partial charge in [-0.3, -0.25) is 4.57 Å². The minimum absolute atomic E-state index is 0.0763. The van der Waals surface area contributed by atoms with Crippen molar-refractivity contribution in [3.63, 3.8) is 0 Å². The van der Waals surface area contributed by atoms with E-state index in [2.05, 4.69) is 10.3 Å². The standard InChI is InChI=1S/C15H24N3O3P/c1-12(2)9-20-22(19,21-10-13(3)4)11-18-15-8-6-5-7-14(15)16-17-18/h5-8,12-13H,9-11H2,1-4H3. The van der Waals surface area contributed by atoms with E-state index in [0.29, 0.717) is 13.2 Å². The molecule has 2 aromatic rings. The second-order valence-electron chi connectivity index (χ2n) is 6.21. The zero-order valence-corrected chi connectivity index (χ0v) is 14.5. The molecule has 0 radical (unpaired) electrons. The number of aromatic nitrogens is 3. The molecule has 7 heteroatoms. The van der Waals surface area contributed by atoms with Gasteiger partial charge in [-0.1, -0.05) is 45.0 Å². The summed E-state index contributed by atoms with van der Waals surface area (Å²) in [6, 6.07) is 7.56. The first-order valence-electron chi connectivity index (χ1n) is 7.56. The molecule has 1 aromatic carbocycles. The number of hydrogen-bond donors (Lipinski definition) is 0. The van der Waals surface area contributed by atoms with E-state index in [0.717, 1.165) is 11.0 Å². The predicted molar refractivity (Wildman–Crippen MR) is 86.7 cm³/mol. The predicted octanol–water partition coefficient (Wildman–Crippen LogP) is 3.93. The molecule has 0 aliphatic carbocycles. The monoisotopic (exact) mass is 325 g/mol. The molecule has 0 aliphatic heterocycles. The molecule has 122 valence electrons. The van der Waals surface area contributed by atoms with Crippen molar-refractivity contribution in [2.75, 3.05) is 13.2 Å². The van der Waals surface area contributed by atoms with Gasteiger partial charge in [0.25, 0.3) is 0 Å². The number of benzene rings is 1. The third kappa shape index (κ3) is 4.63. The van der Waals surface area contributed by atoms with Crippen LogP contribution in [0.5, 0.6) is 0 Å². The molecule has 1 heterocycles. The Balaban J connectivity index is 2.19. The second-order valence-corrected chi connectivity index (χ2v) is 8.23. The van der Waals surface area contributed by atoms with Crippen LogP contribution in [-0.2, 0) is 19.9 Å². The number of nitrogens with zero attached hydrogens (tertiary/aromatic N) is 3. The highest BCUT2D eigenvalue weighted by molar-refractivity contribution is 7.52. The highest BCUT2D eigenvalue weighted by Crippen LogP contribution is 2.50. The zero-order valence-electron chi connectivity index (χ0n) is 13.6. The van der Waals surface area contributed by atoms with Crippen molar-refractivity contribution < 1.29 is 13.6 Å². The van der Waals surface area contributed by atoms with Gasteiger partial charge >= 0.3 is 7.60 Å². The summed E-state index contributed by atoms with van der Waals surface area (Å²) in [4.78, 5) is 0. The molecule has 0 fully saturated rings. The molecular weight excluding hydrogens is 301 g/mol. The van der Waals surface area contributed by atoms with Gasteiger partial charge in [0.1, 0.15) is 11.8 Å². The molecule has 0 spiro atoms. The Kier molecular flexibility index (Phi) is 5.73. The summed E-state index contributed by atoms with van der Waals surface area (Å²) in [5.41, 5.74) is 1.59. The lowest BCUT2D eigenvalue weighted by Gasteiger charge is -2.20. The fourth-order valence-corrected chi connectivity index (χ4v) is 3.66. The van der Waals surface area contributed by atoms with Gasteiger partial charge in [0.2, 0.25) is 0 Å². The summed E-state index contributed by atoms with van der Waals surface area (Å²) in [6.45, 7) is 8.83. The first-order valence-corrected chi connectivity index (χ1v) is 9.29. The van der Waals surface area contributed by atoms with Crippen LogP contribution in [0.1, 0.15) is 27.7 Å². The van der Waals surface area contributed by atoms with Crippen molar-refractivity contribution in [2.24, 2.45) is 11.8 Å². The van der Waals surface area contributed by atoms with Crippen LogP contribution in [0.3, 0.4) is 0 Å². The van der Waals surface area contributed by atoms with Crippen LogP contribution in [-0.4, -0.2) is 28.2 Å². The smallest absolute Gasteiger partial charge is 0.307 e. The lowest BCUT2D eigenvalue weighted by Crippen LogP contribution is -2.11. The maximum Gasteiger partial charge on any atom is 0.352 e. The van der Waals surface area contributed by atoms with Gasteiger partial charge in [0, 0.05) is 0 Å². The van der Waals surface area contributed by atoms with Crippen molar-refractivity contribution in [3.8, 4) is 0 Å². The van der Waals surface area contributed by atoms with E-state index in [1.807, 2.05) is 52.0 Å². The molecule has 0 unspecified atom stereocenters. The van der Waals surface area contributed by atoms with Crippen LogP contribution in [0.15, 0.2) is 24.3 Å². The van der Waals surface area contributed by atoms with Gasteiger partial charge in [-0.25, -0.2) is 4.68 Å². The minimum atomic E-state index is -3.26. The second kappa shape index (κ2) is 7.36. The highest BCUT2D eigenvalue weighted by atomic mass is 31.2. The van der Waals surface area contributed by atoms with Crippen LogP contribution < -0.4 is 0 Å². The van der Waals surface area contributed by atoms with E-state index in [1.165, 1.54) is 0 Å². The zero-order chi connectivity index (χ0) is 16.2. The van der Waals surface area contributed by atoms with Gasteiger partial charge < -0.3 is 9.05 Å². The number of hydrogen-bond acceptors (Lipinski definition) is 5. The van der Waals surface area contributed by atoms with Gasteiger partial charge in [-0.2, -0.15) is 0 Å². The van der Waals surface area contributed by atoms with Gasteiger partial charge in [0.05, 0.1) is 18.7 Å². The van der Waals surface area contributed by atoms with E-state index in [9.17, 15) is 4.57 Å². The highest BCUT2D eigenvalue weighted by Gasteiger charge is 2.28. The fourth-order valence-electron chi connectivity index (χ4n) is 1.83. The lowest BCUT2D eigenvalue weighted by molar-refractivity contribution is 0.168. The summed E-state index contributed by atoms with van der Waals surface area (Å²) in [6.07, 6.45) is 0.0763. The van der Waals surface area contributed by atoms with Crippen molar-refractivity contribution in [1.29, 1.82) is 0 Å². The molecule has 0 saturated heterocycles. The largest absolute Gasteiger partial charge is 0.352 e. The van der Waals surface area contributed by atoms with E-state index in [-0.39, 0.29) is 18.1 Å². The van der Waals surface area contributed by atoms with Gasteiger partial charge in [-0.05, 0) is 24.0 Å². The Labute approximate surface area is 131 Å². The van der Waals surface area contributed by atoms with Crippen molar-refractivity contribution in [2.45, 2.75) is 34.0 Å². The Bertz CT molecular complexity index is 638. The fraction of sp³-hybridized carbons (Fsp3) is 0.600. The molecule has 0 saturated carbocycles. The van der Waals surface area contributed by atoms with Gasteiger partial charge in [-0.15, -0.1) is 5.10 Å². The molecule has 1 aromatic heterocycles. The first kappa shape index (κ1) is 17.1. The summed E-state index contributed by atoms with van der Waals surface area (Å²) in [5.74, 6) is 0.562. The topological polar surface area (TPSA) is 66.2 Å². The SMILES string of the molecule is CC(C)COP(=O)(Cn1nnc2ccccc21)OCC(C)C. The molecule has 0 atom stereocenters. The van der Waals surface area contributed by atoms with Crippen LogP contribution >= 0.6 is 7.60 Å². The number of fused-ring (bicyclic) bond motifs is 1.